The standard InChI is InChI=1S/C18H25N3/c1-2-3-6-11-21-13-16-8-9-18(21)15-20(12-16)14-17-7-4-5-10-19-17/h4-5,7,10,16,18H,2,8-9,11-15H2,1H3/t16-,18+/m0/s1. The van der Waals surface area contributed by atoms with Crippen LogP contribution in [-0.2, 0) is 6.54 Å². The molecule has 21 heavy (non-hydrogen) atoms. The molecule has 4 heterocycles. The summed E-state index contributed by atoms with van der Waals surface area (Å²) in [5.74, 6) is 7.34. The molecule has 3 saturated heterocycles. The monoisotopic (exact) mass is 283 g/mol. The Labute approximate surface area is 128 Å². The summed E-state index contributed by atoms with van der Waals surface area (Å²) >= 11 is 0. The van der Waals surface area contributed by atoms with Gasteiger partial charge in [-0.05, 0) is 30.9 Å². The molecule has 3 aliphatic rings. The summed E-state index contributed by atoms with van der Waals surface area (Å²) in [4.78, 5) is 9.68. The number of rotatable bonds is 3. The SMILES string of the molecule is CCC#CCN1C[C@H]2CC[C@@H]1CN(Cc1ccccn1)C2. The van der Waals surface area contributed by atoms with Crippen molar-refractivity contribution < 1.29 is 0 Å². The predicted molar refractivity (Wildman–Crippen MR) is 85.7 cm³/mol. The normalized spacial score (nSPS) is 26.1. The molecule has 0 amide bonds. The molecular formula is C18H25N3. The second-order valence-corrected chi connectivity index (χ2v) is 6.25. The van der Waals surface area contributed by atoms with Crippen LogP contribution < -0.4 is 0 Å². The second kappa shape index (κ2) is 7.06. The molecule has 3 nitrogen and oxygen atoms in total. The van der Waals surface area contributed by atoms with Crippen molar-refractivity contribution in [2.75, 3.05) is 26.2 Å². The fourth-order valence-corrected chi connectivity index (χ4v) is 3.60. The first-order valence-electron chi connectivity index (χ1n) is 8.17. The molecule has 0 N–H and O–H groups in total. The van der Waals surface area contributed by atoms with E-state index in [4.69, 9.17) is 0 Å². The first-order chi connectivity index (χ1) is 10.3. The van der Waals surface area contributed by atoms with Gasteiger partial charge in [-0.25, -0.2) is 0 Å². The zero-order chi connectivity index (χ0) is 14.5. The molecule has 2 atom stereocenters. The first-order valence-corrected chi connectivity index (χ1v) is 8.17. The van der Waals surface area contributed by atoms with Gasteiger partial charge in [-0.1, -0.05) is 18.9 Å². The number of pyridine rings is 1. The predicted octanol–water partition coefficient (Wildman–Crippen LogP) is 2.39. The van der Waals surface area contributed by atoms with Crippen LogP contribution >= 0.6 is 0 Å². The van der Waals surface area contributed by atoms with Gasteiger partial charge in [-0.15, -0.1) is 5.92 Å². The number of nitrogens with zero attached hydrogens (tertiary/aromatic N) is 3. The van der Waals surface area contributed by atoms with Crippen molar-refractivity contribution in [3.05, 3.63) is 30.1 Å². The number of hydrogen-bond donors (Lipinski definition) is 0. The third-order valence-corrected chi connectivity index (χ3v) is 4.60. The van der Waals surface area contributed by atoms with Crippen LogP contribution in [0.15, 0.2) is 24.4 Å². The molecule has 3 aliphatic heterocycles. The highest BCUT2D eigenvalue weighted by molar-refractivity contribution is 5.05. The van der Waals surface area contributed by atoms with E-state index in [0.29, 0.717) is 6.04 Å². The van der Waals surface area contributed by atoms with Crippen LogP contribution in [0.1, 0.15) is 31.9 Å². The van der Waals surface area contributed by atoms with E-state index < -0.39 is 0 Å². The number of piperidine rings is 1. The first kappa shape index (κ1) is 14.6. The average molecular weight is 283 g/mol. The van der Waals surface area contributed by atoms with Crippen LogP contribution in [0, 0.1) is 17.8 Å². The molecule has 2 bridgehead atoms. The van der Waals surface area contributed by atoms with Gasteiger partial charge in [-0.3, -0.25) is 14.8 Å². The highest BCUT2D eigenvalue weighted by Crippen LogP contribution is 2.28. The zero-order valence-corrected chi connectivity index (χ0v) is 13.0. The fraction of sp³-hybridized carbons (Fsp3) is 0.611. The topological polar surface area (TPSA) is 19.4 Å². The summed E-state index contributed by atoms with van der Waals surface area (Å²) in [7, 11) is 0. The molecular weight excluding hydrogens is 258 g/mol. The molecule has 3 heteroatoms. The molecule has 0 aromatic carbocycles. The summed E-state index contributed by atoms with van der Waals surface area (Å²) in [6, 6.07) is 6.89. The van der Waals surface area contributed by atoms with Crippen LogP contribution in [0.25, 0.3) is 0 Å². The van der Waals surface area contributed by atoms with Gasteiger partial charge < -0.3 is 0 Å². The van der Waals surface area contributed by atoms with Crippen molar-refractivity contribution in [2.45, 2.75) is 38.8 Å². The van der Waals surface area contributed by atoms with E-state index in [1.165, 1.54) is 38.2 Å². The second-order valence-electron chi connectivity index (χ2n) is 6.25. The van der Waals surface area contributed by atoms with Crippen LogP contribution in [0.5, 0.6) is 0 Å². The van der Waals surface area contributed by atoms with Gasteiger partial charge >= 0.3 is 0 Å². The maximum atomic E-state index is 4.48. The zero-order valence-electron chi connectivity index (χ0n) is 13.0. The van der Waals surface area contributed by atoms with Crippen molar-refractivity contribution in [3.8, 4) is 11.8 Å². The van der Waals surface area contributed by atoms with E-state index in [-0.39, 0.29) is 0 Å². The molecule has 4 rings (SSSR count). The molecule has 0 spiro atoms. The number of aromatic nitrogens is 1. The molecule has 112 valence electrons. The van der Waals surface area contributed by atoms with E-state index in [9.17, 15) is 0 Å². The lowest BCUT2D eigenvalue weighted by atomic mass is 9.95. The quantitative estimate of drug-likeness (QED) is 0.794. The minimum atomic E-state index is 0.679. The fourth-order valence-electron chi connectivity index (χ4n) is 3.60. The van der Waals surface area contributed by atoms with Gasteiger partial charge in [0.25, 0.3) is 0 Å². The summed E-state index contributed by atoms with van der Waals surface area (Å²) in [5.41, 5.74) is 1.19. The summed E-state index contributed by atoms with van der Waals surface area (Å²) in [6.45, 7) is 7.67. The molecule has 0 unspecified atom stereocenters. The smallest absolute Gasteiger partial charge is 0.0604 e. The maximum Gasteiger partial charge on any atom is 0.0604 e. The molecule has 1 aromatic rings. The highest BCUT2D eigenvalue weighted by Gasteiger charge is 2.34. The van der Waals surface area contributed by atoms with Crippen LogP contribution in [-0.4, -0.2) is 47.0 Å². The molecule has 1 aromatic heterocycles. The van der Waals surface area contributed by atoms with Gasteiger partial charge in [0, 0.05) is 44.8 Å². The molecule has 0 saturated carbocycles. The van der Waals surface area contributed by atoms with E-state index >= 15 is 0 Å². The number of fused-ring (bicyclic) bond motifs is 4. The lowest BCUT2D eigenvalue weighted by Crippen LogP contribution is -2.43. The highest BCUT2D eigenvalue weighted by atomic mass is 15.3. The summed E-state index contributed by atoms with van der Waals surface area (Å²) in [6.07, 6.45) is 5.57. The van der Waals surface area contributed by atoms with Gasteiger partial charge in [0.05, 0.1) is 12.2 Å². The van der Waals surface area contributed by atoms with E-state index in [2.05, 4.69) is 45.7 Å². The Hall–Kier alpha value is -1.37. The molecule has 3 fully saturated rings. The summed E-state index contributed by atoms with van der Waals surface area (Å²) in [5, 5.41) is 0. The lowest BCUT2D eigenvalue weighted by Gasteiger charge is -2.34. The van der Waals surface area contributed by atoms with Crippen molar-refractivity contribution in [1.82, 2.24) is 14.8 Å². The van der Waals surface area contributed by atoms with E-state index in [0.717, 1.165) is 25.4 Å². The van der Waals surface area contributed by atoms with Gasteiger partial charge in [0.1, 0.15) is 0 Å². The minimum Gasteiger partial charge on any atom is -0.296 e. The Bertz CT molecular complexity index is 502. The van der Waals surface area contributed by atoms with Crippen molar-refractivity contribution in [2.24, 2.45) is 5.92 Å². The molecule has 0 aliphatic carbocycles. The third-order valence-electron chi connectivity index (χ3n) is 4.60. The van der Waals surface area contributed by atoms with Crippen LogP contribution in [0.2, 0.25) is 0 Å². The van der Waals surface area contributed by atoms with E-state index in [1.807, 2.05) is 12.3 Å². The Morgan fingerprint density at radius 3 is 2.95 bits per heavy atom. The van der Waals surface area contributed by atoms with Crippen molar-refractivity contribution >= 4 is 0 Å². The average Bonchev–Trinajstić information content (AvgIpc) is 2.79. The van der Waals surface area contributed by atoms with E-state index in [1.54, 1.807) is 0 Å². The maximum absolute atomic E-state index is 4.48. The minimum absolute atomic E-state index is 0.679. The Kier molecular flexibility index (Phi) is 4.90. The van der Waals surface area contributed by atoms with Crippen LogP contribution in [0.4, 0.5) is 0 Å². The summed E-state index contributed by atoms with van der Waals surface area (Å²) < 4.78 is 0. The van der Waals surface area contributed by atoms with Crippen molar-refractivity contribution in [3.63, 3.8) is 0 Å². The van der Waals surface area contributed by atoms with Gasteiger partial charge in [-0.2, -0.15) is 0 Å². The van der Waals surface area contributed by atoms with Gasteiger partial charge in [0.15, 0.2) is 0 Å². The van der Waals surface area contributed by atoms with Crippen molar-refractivity contribution in [1.29, 1.82) is 0 Å². The Balaban J connectivity index is 1.63. The largest absolute Gasteiger partial charge is 0.296 e. The Morgan fingerprint density at radius 2 is 2.14 bits per heavy atom. The Morgan fingerprint density at radius 1 is 1.19 bits per heavy atom. The third kappa shape index (κ3) is 3.84. The van der Waals surface area contributed by atoms with Crippen LogP contribution in [0.3, 0.4) is 0 Å². The lowest BCUT2D eigenvalue weighted by molar-refractivity contribution is 0.148. The van der Waals surface area contributed by atoms with Gasteiger partial charge in [0.2, 0.25) is 0 Å². The molecule has 0 radical (unpaired) electrons. The number of hydrogen-bond acceptors (Lipinski definition) is 3.